The first-order valence-corrected chi connectivity index (χ1v) is 5.59. The Morgan fingerprint density at radius 3 is 2.93 bits per heavy atom. The average molecular weight is 200 g/mol. The van der Waals surface area contributed by atoms with Crippen LogP contribution in [0.3, 0.4) is 0 Å². The second-order valence-corrected chi connectivity index (χ2v) is 4.14. The molecule has 4 heteroatoms. The minimum Gasteiger partial charge on any atom is -0.350 e. The van der Waals surface area contributed by atoms with Crippen LogP contribution in [0.25, 0.3) is 0 Å². The lowest BCUT2D eigenvalue weighted by Crippen LogP contribution is -2.37. The standard InChI is InChI=1S/C10H20N2O2/c11-6-9-7-13-10(14-9)5-8-3-1-2-4-12-8/h8-10,12H,1-7,11H2. The number of nitrogens with one attached hydrogen (secondary N) is 1. The lowest BCUT2D eigenvalue weighted by molar-refractivity contribution is -0.0672. The number of ether oxygens (including phenoxy) is 2. The summed E-state index contributed by atoms with van der Waals surface area (Å²) in [6.45, 7) is 2.36. The zero-order chi connectivity index (χ0) is 9.80. The van der Waals surface area contributed by atoms with E-state index in [0.717, 1.165) is 13.0 Å². The lowest BCUT2D eigenvalue weighted by atomic mass is 10.0. The van der Waals surface area contributed by atoms with Crippen LogP contribution in [-0.2, 0) is 9.47 Å². The average Bonchev–Trinajstić information content (AvgIpc) is 2.67. The largest absolute Gasteiger partial charge is 0.350 e. The first-order chi connectivity index (χ1) is 6.88. The van der Waals surface area contributed by atoms with E-state index in [1.54, 1.807) is 0 Å². The normalized spacial score (nSPS) is 38.8. The van der Waals surface area contributed by atoms with Crippen molar-refractivity contribution in [3.63, 3.8) is 0 Å². The molecule has 0 aromatic rings. The van der Waals surface area contributed by atoms with Gasteiger partial charge in [-0.05, 0) is 19.4 Å². The van der Waals surface area contributed by atoms with Gasteiger partial charge in [-0.25, -0.2) is 0 Å². The van der Waals surface area contributed by atoms with Gasteiger partial charge >= 0.3 is 0 Å². The molecule has 2 heterocycles. The van der Waals surface area contributed by atoms with Gasteiger partial charge in [0.1, 0.15) is 0 Å². The summed E-state index contributed by atoms with van der Waals surface area (Å²) < 4.78 is 11.1. The molecule has 0 aromatic carbocycles. The van der Waals surface area contributed by atoms with Crippen molar-refractivity contribution < 1.29 is 9.47 Å². The number of rotatable bonds is 3. The Bertz CT molecular complexity index is 172. The molecule has 2 fully saturated rings. The lowest BCUT2D eigenvalue weighted by Gasteiger charge is -2.25. The third kappa shape index (κ3) is 2.67. The fraction of sp³-hybridized carbons (Fsp3) is 1.00. The summed E-state index contributed by atoms with van der Waals surface area (Å²) in [7, 11) is 0. The molecule has 0 aromatic heterocycles. The van der Waals surface area contributed by atoms with E-state index in [4.69, 9.17) is 15.2 Å². The van der Waals surface area contributed by atoms with Crippen LogP contribution in [0.5, 0.6) is 0 Å². The maximum absolute atomic E-state index is 5.63. The molecule has 0 spiro atoms. The fourth-order valence-corrected chi connectivity index (χ4v) is 2.11. The van der Waals surface area contributed by atoms with Gasteiger partial charge in [0.25, 0.3) is 0 Å². The fourth-order valence-electron chi connectivity index (χ4n) is 2.11. The van der Waals surface area contributed by atoms with E-state index in [-0.39, 0.29) is 12.4 Å². The summed E-state index contributed by atoms with van der Waals surface area (Å²) in [4.78, 5) is 0. The second-order valence-electron chi connectivity index (χ2n) is 4.14. The highest BCUT2D eigenvalue weighted by molar-refractivity contribution is 4.76. The highest BCUT2D eigenvalue weighted by Crippen LogP contribution is 2.19. The third-order valence-corrected chi connectivity index (χ3v) is 2.96. The Kier molecular flexibility index (Phi) is 3.75. The van der Waals surface area contributed by atoms with E-state index in [0.29, 0.717) is 19.2 Å². The summed E-state index contributed by atoms with van der Waals surface area (Å²) >= 11 is 0. The van der Waals surface area contributed by atoms with Crippen molar-refractivity contribution in [3.8, 4) is 0 Å². The number of nitrogens with two attached hydrogens (primary N) is 1. The molecular formula is C10H20N2O2. The maximum Gasteiger partial charge on any atom is 0.159 e. The molecule has 2 aliphatic heterocycles. The van der Waals surface area contributed by atoms with Gasteiger partial charge in [0.15, 0.2) is 6.29 Å². The summed E-state index contributed by atoms with van der Waals surface area (Å²) in [6, 6.07) is 0.574. The summed E-state index contributed by atoms with van der Waals surface area (Å²) in [5.74, 6) is 0. The quantitative estimate of drug-likeness (QED) is 0.684. The molecule has 3 N–H and O–H groups in total. The monoisotopic (exact) mass is 200 g/mol. The Labute approximate surface area is 85.1 Å². The van der Waals surface area contributed by atoms with Gasteiger partial charge in [-0.1, -0.05) is 6.42 Å². The van der Waals surface area contributed by atoms with Crippen LogP contribution in [0.4, 0.5) is 0 Å². The molecule has 3 unspecified atom stereocenters. The van der Waals surface area contributed by atoms with Gasteiger partial charge in [0, 0.05) is 19.0 Å². The van der Waals surface area contributed by atoms with Crippen LogP contribution < -0.4 is 11.1 Å². The summed E-state index contributed by atoms with van der Waals surface area (Å²) in [6.07, 6.45) is 4.93. The molecule has 0 radical (unpaired) electrons. The molecule has 2 aliphatic rings. The second kappa shape index (κ2) is 5.07. The van der Waals surface area contributed by atoms with Crippen molar-refractivity contribution in [2.75, 3.05) is 19.7 Å². The van der Waals surface area contributed by atoms with Crippen LogP contribution in [0.2, 0.25) is 0 Å². The number of hydrogen-bond donors (Lipinski definition) is 2. The molecule has 4 nitrogen and oxygen atoms in total. The maximum atomic E-state index is 5.63. The minimum atomic E-state index is -0.0286. The Balaban J connectivity index is 1.69. The zero-order valence-electron chi connectivity index (χ0n) is 8.58. The minimum absolute atomic E-state index is 0.0286. The van der Waals surface area contributed by atoms with Crippen LogP contribution in [0, 0.1) is 0 Å². The van der Waals surface area contributed by atoms with E-state index in [9.17, 15) is 0 Å². The Hall–Kier alpha value is -0.160. The molecule has 14 heavy (non-hydrogen) atoms. The van der Waals surface area contributed by atoms with Crippen molar-refractivity contribution >= 4 is 0 Å². The Morgan fingerprint density at radius 1 is 1.36 bits per heavy atom. The van der Waals surface area contributed by atoms with E-state index in [1.165, 1.54) is 19.3 Å². The van der Waals surface area contributed by atoms with Crippen LogP contribution >= 0.6 is 0 Å². The van der Waals surface area contributed by atoms with Crippen molar-refractivity contribution in [3.05, 3.63) is 0 Å². The van der Waals surface area contributed by atoms with Gasteiger partial charge < -0.3 is 20.5 Å². The van der Waals surface area contributed by atoms with E-state index >= 15 is 0 Å². The van der Waals surface area contributed by atoms with Gasteiger partial charge in [-0.3, -0.25) is 0 Å². The third-order valence-electron chi connectivity index (χ3n) is 2.96. The van der Waals surface area contributed by atoms with Gasteiger partial charge in [0.2, 0.25) is 0 Å². The van der Waals surface area contributed by atoms with Crippen molar-refractivity contribution in [1.29, 1.82) is 0 Å². The highest BCUT2D eigenvalue weighted by atomic mass is 16.7. The number of hydrogen-bond acceptors (Lipinski definition) is 4. The molecule has 0 aliphatic carbocycles. The van der Waals surface area contributed by atoms with Crippen molar-refractivity contribution in [2.45, 2.75) is 44.1 Å². The van der Waals surface area contributed by atoms with Crippen LogP contribution in [-0.4, -0.2) is 38.1 Å². The summed E-state index contributed by atoms with van der Waals surface area (Å²) in [5, 5.41) is 3.49. The van der Waals surface area contributed by atoms with Crippen molar-refractivity contribution in [2.24, 2.45) is 5.73 Å². The van der Waals surface area contributed by atoms with E-state index in [2.05, 4.69) is 5.32 Å². The molecule has 2 saturated heterocycles. The summed E-state index contributed by atoms with van der Waals surface area (Å²) in [5.41, 5.74) is 5.51. The first kappa shape index (κ1) is 10.4. The molecular weight excluding hydrogens is 180 g/mol. The molecule has 82 valence electrons. The van der Waals surface area contributed by atoms with Crippen molar-refractivity contribution in [1.82, 2.24) is 5.32 Å². The number of piperidine rings is 1. The smallest absolute Gasteiger partial charge is 0.159 e. The molecule has 2 rings (SSSR count). The van der Waals surface area contributed by atoms with E-state index in [1.807, 2.05) is 0 Å². The van der Waals surface area contributed by atoms with Crippen LogP contribution in [0.1, 0.15) is 25.7 Å². The predicted octanol–water partition coefficient (Wildman–Crippen LogP) is 0.219. The van der Waals surface area contributed by atoms with Gasteiger partial charge in [-0.2, -0.15) is 0 Å². The molecule has 0 saturated carbocycles. The van der Waals surface area contributed by atoms with Crippen LogP contribution in [0.15, 0.2) is 0 Å². The van der Waals surface area contributed by atoms with E-state index < -0.39 is 0 Å². The van der Waals surface area contributed by atoms with Gasteiger partial charge in [-0.15, -0.1) is 0 Å². The highest BCUT2D eigenvalue weighted by Gasteiger charge is 2.27. The Morgan fingerprint density at radius 2 is 2.29 bits per heavy atom. The molecule has 0 bridgehead atoms. The first-order valence-electron chi connectivity index (χ1n) is 5.59. The van der Waals surface area contributed by atoms with Gasteiger partial charge in [0.05, 0.1) is 12.7 Å². The predicted molar refractivity (Wildman–Crippen MR) is 53.9 cm³/mol. The SMILES string of the molecule is NCC1COC(CC2CCCCN2)O1. The molecule has 3 atom stereocenters. The topological polar surface area (TPSA) is 56.5 Å². The zero-order valence-corrected chi connectivity index (χ0v) is 8.58. The molecule has 0 amide bonds.